The van der Waals surface area contributed by atoms with Crippen LogP contribution in [-0.2, 0) is 6.54 Å². The first-order chi connectivity index (χ1) is 10.6. The summed E-state index contributed by atoms with van der Waals surface area (Å²) in [5.41, 5.74) is 1.46. The fourth-order valence-electron chi connectivity index (χ4n) is 3.18. The predicted octanol–water partition coefficient (Wildman–Crippen LogP) is 3.19. The van der Waals surface area contributed by atoms with E-state index in [2.05, 4.69) is 51.4 Å². The van der Waals surface area contributed by atoms with E-state index in [9.17, 15) is 0 Å². The molecular weight excluding hydrogens is 393 g/mol. The summed E-state index contributed by atoms with van der Waals surface area (Å²) in [7, 11) is 4.72. The minimum absolute atomic E-state index is 0. The maximum atomic E-state index is 2.36. The fraction of sp³-hybridized carbons (Fsp3) is 0.714. The highest BCUT2D eigenvalue weighted by Gasteiger charge is 2.14. The lowest BCUT2D eigenvalue weighted by Crippen LogP contribution is -3.00. The van der Waals surface area contributed by atoms with E-state index in [1.807, 2.05) is 0 Å². The van der Waals surface area contributed by atoms with Gasteiger partial charge in [-0.25, -0.2) is 0 Å². The third kappa shape index (κ3) is 12.9. The van der Waals surface area contributed by atoms with E-state index < -0.39 is 0 Å². The van der Waals surface area contributed by atoms with Gasteiger partial charge in [-0.1, -0.05) is 88.6 Å². The Bertz CT molecular complexity index is 361. The van der Waals surface area contributed by atoms with E-state index in [0.29, 0.717) is 0 Å². The molecule has 0 spiro atoms. The van der Waals surface area contributed by atoms with Crippen molar-refractivity contribution >= 4 is 0 Å². The number of hydrogen-bond acceptors (Lipinski definition) is 0. The molecule has 1 aromatic carbocycles. The number of nitrogens with zero attached hydrogens (tertiary/aromatic N) is 1. The van der Waals surface area contributed by atoms with Crippen LogP contribution in [0, 0.1) is 0 Å². The van der Waals surface area contributed by atoms with Crippen LogP contribution in [0.1, 0.15) is 76.7 Å². The van der Waals surface area contributed by atoms with Crippen LogP contribution in [0.3, 0.4) is 0 Å². The van der Waals surface area contributed by atoms with E-state index in [4.69, 9.17) is 0 Å². The van der Waals surface area contributed by atoms with Crippen LogP contribution in [0.15, 0.2) is 30.3 Å². The van der Waals surface area contributed by atoms with Gasteiger partial charge in [-0.15, -0.1) is 0 Å². The minimum Gasteiger partial charge on any atom is -1.00 e. The topological polar surface area (TPSA) is 0 Å². The zero-order valence-corrected chi connectivity index (χ0v) is 17.9. The van der Waals surface area contributed by atoms with Gasteiger partial charge >= 0.3 is 0 Å². The monoisotopic (exact) mass is 431 g/mol. The SMILES string of the molecule is CCCCCCCCCCCC[N+](C)(C)Cc1ccccc1.[I-]. The van der Waals surface area contributed by atoms with Crippen molar-refractivity contribution in [3.63, 3.8) is 0 Å². The lowest BCUT2D eigenvalue weighted by atomic mass is 10.1. The highest BCUT2D eigenvalue weighted by molar-refractivity contribution is 5.13. The van der Waals surface area contributed by atoms with Crippen LogP contribution >= 0.6 is 0 Å². The fourth-order valence-corrected chi connectivity index (χ4v) is 3.18. The first-order valence-corrected chi connectivity index (χ1v) is 9.50. The molecule has 1 aromatic rings. The van der Waals surface area contributed by atoms with Gasteiger partial charge in [0, 0.05) is 5.56 Å². The molecule has 0 N–H and O–H groups in total. The van der Waals surface area contributed by atoms with Crippen LogP contribution in [0.4, 0.5) is 0 Å². The van der Waals surface area contributed by atoms with Crippen molar-refractivity contribution in [2.24, 2.45) is 0 Å². The molecule has 0 aromatic heterocycles. The minimum atomic E-state index is 0. The Labute approximate surface area is 162 Å². The highest BCUT2D eigenvalue weighted by atomic mass is 127. The van der Waals surface area contributed by atoms with Gasteiger partial charge in [-0.05, 0) is 12.8 Å². The first-order valence-electron chi connectivity index (χ1n) is 9.50. The van der Waals surface area contributed by atoms with Crippen molar-refractivity contribution in [3.05, 3.63) is 35.9 Å². The van der Waals surface area contributed by atoms with Gasteiger partial charge in [0.15, 0.2) is 0 Å². The Morgan fingerprint density at radius 1 is 0.696 bits per heavy atom. The van der Waals surface area contributed by atoms with Gasteiger partial charge < -0.3 is 28.5 Å². The van der Waals surface area contributed by atoms with E-state index in [-0.39, 0.29) is 24.0 Å². The van der Waals surface area contributed by atoms with Crippen molar-refractivity contribution in [1.29, 1.82) is 0 Å². The van der Waals surface area contributed by atoms with Crippen LogP contribution in [0.2, 0.25) is 0 Å². The van der Waals surface area contributed by atoms with Gasteiger partial charge in [-0.2, -0.15) is 0 Å². The average Bonchev–Trinajstić information content (AvgIpc) is 2.49. The average molecular weight is 431 g/mol. The molecule has 1 nitrogen and oxygen atoms in total. The van der Waals surface area contributed by atoms with Crippen molar-refractivity contribution in [2.75, 3.05) is 20.6 Å². The number of benzene rings is 1. The Balaban J connectivity index is 0.00000484. The summed E-state index contributed by atoms with van der Waals surface area (Å²) in [5.74, 6) is 0. The molecule has 23 heavy (non-hydrogen) atoms. The highest BCUT2D eigenvalue weighted by Crippen LogP contribution is 2.13. The van der Waals surface area contributed by atoms with E-state index in [1.165, 1.54) is 76.3 Å². The van der Waals surface area contributed by atoms with Crippen molar-refractivity contribution in [3.8, 4) is 0 Å². The second-order valence-electron chi connectivity index (χ2n) is 7.49. The molecule has 2 heteroatoms. The van der Waals surface area contributed by atoms with Gasteiger partial charge in [0.2, 0.25) is 0 Å². The summed E-state index contributed by atoms with van der Waals surface area (Å²) >= 11 is 0. The number of hydrogen-bond donors (Lipinski definition) is 0. The lowest BCUT2D eigenvalue weighted by Gasteiger charge is -2.30. The Kier molecular flexibility index (Phi) is 14.2. The molecule has 0 saturated carbocycles. The van der Waals surface area contributed by atoms with Crippen LogP contribution < -0.4 is 24.0 Å². The van der Waals surface area contributed by atoms with Crippen LogP contribution in [0.25, 0.3) is 0 Å². The zero-order chi connectivity index (χ0) is 16.1. The standard InChI is InChI=1S/C21H38N.HI/c1-4-5-6-7-8-9-10-11-12-16-19-22(2,3)20-21-17-14-13-15-18-21;/h13-15,17-18H,4-12,16,19-20H2,1-3H3;1H/q+1;/p-1. The van der Waals surface area contributed by atoms with Gasteiger partial charge in [-0.3, -0.25) is 0 Å². The van der Waals surface area contributed by atoms with Crippen molar-refractivity contribution < 1.29 is 28.5 Å². The first kappa shape index (κ1) is 22.9. The zero-order valence-electron chi connectivity index (χ0n) is 15.7. The second-order valence-corrected chi connectivity index (χ2v) is 7.49. The van der Waals surface area contributed by atoms with Gasteiger partial charge in [0.25, 0.3) is 0 Å². The molecule has 0 aliphatic carbocycles. The summed E-state index contributed by atoms with van der Waals surface area (Å²) in [6.45, 7) is 4.74. The number of unbranched alkanes of at least 4 members (excludes halogenated alkanes) is 9. The maximum absolute atomic E-state index is 2.36. The van der Waals surface area contributed by atoms with Gasteiger partial charge in [0.05, 0.1) is 20.6 Å². The molecule has 0 radical (unpaired) electrons. The normalized spacial score (nSPS) is 11.3. The number of halogens is 1. The Hall–Kier alpha value is -0.0900. The molecule has 0 aliphatic heterocycles. The van der Waals surface area contributed by atoms with E-state index in [0.717, 1.165) is 11.0 Å². The molecule has 0 unspecified atom stereocenters. The number of quaternary nitrogens is 1. The molecule has 0 atom stereocenters. The summed E-state index contributed by atoms with van der Waals surface area (Å²) in [6.07, 6.45) is 14.2. The molecular formula is C21H38IN. The lowest BCUT2D eigenvalue weighted by molar-refractivity contribution is -0.903. The smallest absolute Gasteiger partial charge is 0.104 e. The van der Waals surface area contributed by atoms with Crippen LogP contribution in [0.5, 0.6) is 0 Å². The predicted molar refractivity (Wildman–Crippen MR) is 99.0 cm³/mol. The van der Waals surface area contributed by atoms with Gasteiger partial charge in [0.1, 0.15) is 6.54 Å². The molecule has 134 valence electrons. The summed E-state index contributed by atoms with van der Waals surface area (Å²) in [5, 5.41) is 0. The van der Waals surface area contributed by atoms with Crippen molar-refractivity contribution in [1.82, 2.24) is 0 Å². The molecule has 1 rings (SSSR count). The molecule has 0 amide bonds. The summed E-state index contributed by atoms with van der Waals surface area (Å²) in [6, 6.07) is 10.9. The van der Waals surface area contributed by atoms with Crippen LogP contribution in [-0.4, -0.2) is 25.1 Å². The molecule has 0 fully saturated rings. The third-order valence-corrected chi connectivity index (χ3v) is 4.57. The largest absolute Gasteiger partial charge is 1.00 e. The van der Waals surface area contributed by atoms with Crippen molar-refractivity contribution in [2.45, 2.75) is 77.7 Å². The summed E-state index contributed by atoms with van der Waals surface area (Å²) in [4.78, 5) is 0. The molecule has 0 aliphatic rings. The third-order valence-electron chi connectivity index (χ3n) is 4.57. The quantitative estimate of drug-likeness (QED) is 0.256. The molecule has 0 heterocycles. The Morgan fingerprint density at radius 3 is 1.70 bits per heavy atom. The second kappa shape index (κ2) is 14.3. The summed E-state index contributed by atoms with van der Waals surface area (Å²) < 4.78 is 1.11. The maximum Gasteiger partial charge on any atom is 0.104 e. The number of rotatable bonds is 13. The van der Waals surface area contributed by atoms with E-state index >= 15 is 0 Å². The molecule has 0 saturated heterocycles. The Morgan fingerprint density at radius 2 is 1.17 bits per heavy atom. The molecule has 0 bridgehead atoms. The van der Waals surface area contributed by atoms with E-state index in [1.54, 1.807) is 0 Å².